The van der Waals surface area contributed by atoms with E-state index in [1.54, 1.807) is 6.92 Å². The molecule has 102 valence electrons. The van der Waals surface area contributed by atoms with Gasteiger partial charge in [0.15, 0.2) is 0 Å². The molecule has 0 fully saturated rings. The van der Waals surface area contributed by atoms with Crippen molar-refractivity contribution >= 4 is 9.84 Å². The summed E-state index contributed by atoms with van der Waals surface area (Å²) in [5.41, 5.74) is 0.459. The van der Waals surface area contributed by atoms with Crippen LogP contribution in [0.1, 0.15) is 18.9 Å². The molecule has 0 aromatic heterocycles. The average molecular weight is 281 g/mol. The molecule has 0 saturated carbocycles. The molecule has 7 heteroatoms. The third-order valence-electron chi connectivity index (χ3n) is 2.57. The van der Waals surface area contributed by atoms with Crippen molar-refractivity contribution in [3.63, 3.8) is 0 Å². The Morgan fingerprint density at radius 1 is 1.28 bits per heavy atom. The topological polar surface area (TPSA) is 60.2 Å². The van der Waals surface area contributed by atoms with Gasteiger partial charge >= 0.3 is 5.51 Å². The lowest BCUT2D eigenvalue weighted by molar-refractivity contribution is -0.0436. The van der Waals surface area contributed by atoms with E-state index in [9.17, 15) is 21.6 Å². The molecule has 3 nitrogen and oxygen atoms in total. The number of nitrogens with two attached hydrogens (primary N) is 1. The lowest BCUT2D eigenvalue weighted by atomic mass is 10.1. The molecular weight excluding hydrogens is 267 g/mol. The standard InChI is InChI=1S/C11H14F3NO2S/c1-2-9(15)7-8-5-3-4-6-10(8)18(16,17)11(12,13)14/h3-6,9H,2,7,15H2,1H3. The Kier molecular flexibility index (Phi) is 4.39. The van der Waals surface area contributed by atoms with Gasteiger partial charge in [-0.15, -0.1) is 0 Å². The molecule has 2 N–H and O–H groups in total. The first-order chi connectivity index (χ1) is 8.20. The number of hydrogen-bond donors (Lipinski definition) is 1. The van der Waals surface area contributed by atoms with E-state index in [1.165, 1.54) is 18.2 Å². The first-order valence-corrected chi connectivity index (χ1v) is 6.83. The zero-order valence-corrected chi connectivity index (χ0v) is 10.6. The summed E-state index contributed by atoms with van der Waals surface area (Å²) in [6.45, 7) is 1.78. The van der Waals surface area contributed by atoms with Gasteiger partial charge in [-0.05, 0) is 24.5 Å². The minimum absolute atomic E-state index is 0.0992. The second-order valence-electron chi connectivity index (χ2n) is 3.93. The van der Waals surface area contributed by atoms with Crippen LogP contribution in [0, 0.1) is 0 Å². The van der Waals surface area contributed by atoms with E-state index in [1.807, 2.05) is 0 Å². The molecule has 0 aliphatic rings. The van der Waals surface area contributed by atoms with Crippen LogP contribution in [0.5, 0.6) is 0 Å². The van der Waals surface area contributed by atoms with Gasteiger partial charge in [0.25, 0.3) is 9.84 Å². The van der Waals surface area contributed by atoms with E-state index in [4.69, 9.17) is 5.73 Å². The molecule has 1 atom stereocenters. The molecular formula is C11H14F3NO2S. The maximum absolute atomic E-state index is 12.5. The summed E-state index contributed by atoms with van der Waals surface area (Å²) in [6.07, 6.45) is 0.655. The van der Waals surface area contributed by atoms with Crippen LogP contribution in [0.3, 0.4) is 0 Å². The molecule has 1 unspecified atom stereocenters. The number of alkyl halides is 3. The van der Waals surface area contributed by atoms with Crippen LogP contribution in [0.15, 0.2) is 29.2 Å². The zero-order valence-electron chi connectivity index (χ0n) is 9.74. The summed E-state index contributed by atoms with van der Waals surface area (Å²) in [4.78, 5) is -0.707. The van der Waals surface area contributed by atoms with Gasteiger partial charge in [0.1, 0.15) is 0 Å². The summed E-state index contributed by atoms with van der Waals surface area (Å²) in [7, 11) is -5.32. The summed E-state index contributed by atoms with van der Waals surface area (Å²) in [5, 5.41) is 0. The predicted octanol–water partition coefficient (Wildman–Crippen LogP) is 2.26. The maximum Gasteiger partial charge on any atom is 0.501 e. The van der Waals surface area contributed by atoms with Crippen LogP contribution < -0.4 is 5.73 Å². The molecule has 0 aliphatic heterocycles. The van der Waals surface area contributed by atoms with Gasteiger partial charge < -0.3 is 5.73 Å². The highest BCUT2D eigenvalue weighted by atomic mass is 32.2. The van der Waals surface area contributed by atoms with Crippen molar-refractivity contribution in [2.24, 2.45) is 5.73 Å². The van der Waals surface area contributed by atoms with E-state index in [2.05, 4.69) is 0 Å². The zero-order chi connectivity index (χ0) is 14.0. The third-order valence-corrected chi connectivity index (χ3v) is 4.16. The average Bonchev–Trinajstić information content (AvgIpc) is 2.28. The monoisotopic (exact) mass is 281 g/mol. The SMILES string of the molecule is CCC(N)Cc1ccccc1S(=O)(=O)C(F)(F)F. The summed E-state index contributed by atoms with van der Waals surface area (Å²) < 4.78 is 60.3. The molecule has 1 rings (SSSR count). The largest absolute Gasteiger partial charge is 0.501 e. The minimum atomic E-state index is -5.32. The fraction of sp³-hybridized carbons (Fsp3) is 0.455. The van der Waals surface area contributed by atoms with Gasteiger partial charge in [-0.25, -0.2) is 8.42 Å². The van der Waals surface area contributed by atoms with Crippen molar-refractivity contribution in [2.75, 3.05) is 0 Å². The molecule has 0 amide bonds. The molecule has 0 radical (unpaired) electrons. The van der Waals surface area contributed by atoms with Gasteiger partial charge in [0.05, 0.1) is 4.90 Å². The lowest BCUT2D eigenvalue weighted by Crippen LogP contribution is -2.27. The van der Waals surface area contributed by atoms with E-state index in [0.29, 0.717) is 6.42 Å². The normalized spacial score (nSPS) is 14.5. The van der Waals surface area contributed by atoms with Crippen molar-refractivity contribution in [1.29, 1.82) is 0 Å². The van der Waals surface area contributed by atoms with Crippen molar-refractivity contribution in [3.8, 4) is 0 Å². The first kappa shape index (κ1) is 15.0. The van der Waals surface area contributed by atoms with Crippen molar-refractivity contribution in [2.45, 2.75) is 36.2 Å². The second kappa shape index (κ2) is 5.27. The number of rotatable bonds is 4. The summed E-state index contributed by atoms with van der Waals surface area (Å²) in [6, 6.07) is 4.70. The van der Waals surface area contributed by atoms with E-state index < -0.39 is 20.2 Å². The van der Waals surface area contributed by atoms with Gasteiger partial charge in [-0.1, -0.05) is 25.1 Å². The van der Waals surface area contributed by atoms with Crippen LogP contribution in [0.25, 0.3) is 0 Å². The molecule has 0 spiro atoms. The van der Waals surface area contributed by atoms with Crippen LogP contribution in [-0.4, -0.2) is 20.0 Å². The Bertz CT molecular complexity index is 511. The number of benzene rings is 1. The highest BCUT2D eigenvalue weighted by Crippen LogP contribution is 2.32. The Labute approximate surface area is 104 Å². The van der Waals surface area contributed by atoms with Gasteiger partial charge in [-0.3, -0.25) is 0 Å². The second-order valence-corrected chi connectivity index (χ2v) is 5.84. The fourth-order valence-electron chi connectivity index (χ4n) is 1.49. The fourth-order valence-corrected chi connectivity index (χ4v) is 2.49. The van der Waals surface area contributed by atoms with Gasteiger partial charge in [0, 0.05) is 6.04 Å². The van der Waals surface area contributed by atoms with Gasteiger partial charge in [0.2, 0.25) is 0 Å². The Balaban J connectivity index is 3.26. The maximum atomic E-state index is 12.5. The Morgan fingerprint density at radius 2 is 1.83 bits per heavy atom. The summed E-state index contributed by atoms with van der Waals surface area (Å²) in [5.74, 6) is 0. The molecule has 1 aromatic rings. The minimum Gasteiger partial charge on any atom is -0.327 e. The van der Waals surface area contributed by atoms with E-state index >= 15 is 0 Å². The third kappa shape index (κ3) is 3.02. The van der Waals surface area contributed by atoms with Crippen molar-refractivity contribution < 1.29 is 21.6 Å². The smallest absolute Gasteiger partial charge is 0.327 e. The molecule has 0 saturated heterocycles. The number of halogens is 3. The van der Waals surface area contributed by atoms with Crippen LogP contribution in [0.2, 0.25) is 0 Å². The lowest BCUT2D eigenvalue weighted by Gasteiger charge is -2.14. The highest BCUT2D eigenvalue weighted by Gasteiger charge is 2.47. The molecule has 0 heterocycles. The van der Waals surface area contributed by atoms with Gasteiger partial charge in [-0.2, -0.15) is 13.2 Å². The Morgan fingerprint density at radius 3 is 2.33 bits per heavy atom. The summed E-state index contributed by atoms with van der Waals surface area (Å²) >= 11 is 0. The number of sulfone groups is 1. The highest BCUT2D eigenvalue weighted by molar-refractivity contribution is 7.92. The van der Waals surface area contributed by atoms with Crippen LogP contribution >= 0.6 is 0 Å². The quantitative estimate of drug-likeness (QED) is 0.921. The molecule has 0 bridgehead atoms. The predicted molar refractivity (Wildman–Crippen MR) is 61.7 cm³/mol. The van der Waals surface area contributed by atoms with Crippen molar-refractivity contribution in [1.82, 2.24) is 0 Å². The van der Waals surface area contributed by atoms with E-state index in [-0.39, 0.29) is 18.0 Å². The molecule has 0 aliphatic carbocycles. The first-order valence-electron chi connectivity index (χ1n) is 5.35. The molecule has 18 heavy (non-hydrogen) atoms. The van der Waals surface area contributed by atoms with Crippen molar-refractivity contribution in [3.05, 3.63) is 29.8 Å². The number of hydrogen-bond acceptors (Lipinski definition) is 3. The molecule has 1 aromatic carbocycles. The van der Waals surface area contributed by atoms with Crippen LogP contribution in [0.4, 0.5) is 13.2 Å². The van der Waals surface area contributed by atoms with E-state index in [0.717, 1.165) is 6.07 Å². The van der Waals surface area contributed by atoms with Crippen LogP contribution in [-0.2, 0) is 16.3 Å². The Hall–Kier alpha value is -1.08.